The molecule has 60 valence electrons. The molecule has 0 aromatic heterocycles. The second kappa shape index (κ2) is 4.69. The maximum Gasteiger partial charge on any atom is 0.0787 e. The smallest absolute Gasteiger partial charge is 0.0787 e. The van der Waals surface area contributed by atoms with E-state index in [1.807, 2.05) is 0 Å². The van der Waals surface area contributed by atoms with Gasteiger partial charge >= 0.3 is 0 Å². The first-order chi connectivity index (χ1) is 4.93. The van der Waals surface area contributed by atoms with Gasteiger partial charge in [0.25, 0.3) is 0 Å². The number of hydrogen-bond donors (Lipinski definition) is 1. The highest BCUT2D eigenvalue weighted by Gasteiger charge is 2.09. The van der Waals surface area contributed by atoms with Crippen molar-refractivity contribution in [1.82, 2.24) is 0 Å². The normalized spacial score (nSPS) is 23.7. The second-order valence-corrected chi connectivity index (χ2v) is 3.10. The van der Waals surface area contributed by atoms with Gasteiger partial charge in [0, 0.05) is 0 Å². The quantitative estimate of drug-likeness (QED) is 0.570. The van der Waals surface area contributed by atoms with Crippen molar-refractivity contribution in [3.63, 3.8) is 0 Å². The molecule has 0 saturated heterocycles. The van der Waals surface area contributed by atoms with Crippen molar-refractivity contribution in [3.8, 4) is 0 Å². The van der Waals surface area contributed by atoms with Crippen LogP contribution in [0.4, 0.5) is 0 Å². The molecule has 0 spiro atoms. The Kier molecular flexibility index (Phi) is 3.76. The van der Waals surface area contributed by atoms with Crippen LogP contribution >= 0.6 is 0 Å². The molecule has 0 atom stereocenters. The van der Waals surface area contributed by atoms with Gasteiger partial charge in [-0.25, -0.2) is 5.90 Å². The van der Waals surface area contributed by atoms with Crippen molar-refractivity contribution in [3.05, 3.63) is 0 Å². The number of hydrogen-bond acceptors (Lipinski definition) is 2. The van der Waals surface area contributed by atoms with E-state index in [1.54, 1.807) is 0 Å². The highest BCUT2D eigenvalue weighted by molar-refractivity contribution is 4.61. The lowest BCUT2D eigenvalue weighted by Gasteiger charge is -2.16. The minimum Gasteiger partial charge on any atom is -0.301 e. The van der Waals surface area contributed by atoms with Crippen LogP contribution in [0.25, 0.3) is 0 Å². The summed E-state index contributed by atoms with van der Waals surface area (Å²) in [7, 11) is 0. The molecule has 0 aliphatic heterocycles. The van der Waals surface area contributed by atoms with Crippen molar-refractivity contribution < 1.29 is 4.84 Å². The molecule has 0 aromatic rings. The van der Waals surface area contributed by atoms with E-state index in [9.17, 15) is 0 Å². The zero-order chi connectivity index (χ0) is 7.23. The molecule has 0 aromatic carbocycles. The third kappa shape index (κ3) is 2.67. The van der Waals surface area contributed by atoms with Gasteiger partial charge in [0.15, 0.2) is 0 Å². The number of rotatable bonds is 1. The van der Waals surface area contributed by atoms with Crippen LogP contribution in [0.3, 0.4) is 0 Å². The van der Waals surface area contributed by atoms with Crippen LogP contribution in [-0.4, -0.2) is 6.10 Å². The molecule has 0 unspecified atom stereocenters. The van der Waals surface area contributed by atoms with E-state index < -0.39 is 0 Å². The third-order valence-electron chi connectivity index (χ3n) is 2.24. The van der Waals surface area contributed by atoms with Crippen LogP contribution in [0.2, 0.25) is 0 Å². The Morgan fingerprint density at radius 2 is 1.40 bits per heavy atom. The molecule has 2 N–H and O–H groups in total. The summed E-state index contributed by atoms with van der Waals surface area (Å²) in [5.41, 5.74) is 0. The fraction of sp³-hybridized carbons (Fsp3) is 1.00. The van der Waals surface area contributed by atoms with E-state index >= 15 is 0 Å². The van der Waals surface area contributed by atoms with Gasteiger partial charge in [-0.1, -0.05) is 32.1 Å². The first-order valence-electron chi connectivity index (χ1n) is 4.29. The summed E-state index contributed by atoms with van der Waals surface area (Å²) >= 11 is 0. The van der Waals surface area contributed by atoms with E-state index in [0.29, 0.717) is 6.10 Å². The molecule has 1 aliphatic rings. The van der Waals surface area contributed by atoms with Crippen molar-refractivity contribution in [2.45, 2.75) is 51.0 Å². The van der Waals surface area contributed by atoms with Gasteiger partial charge in [0.05, 0.1) is 6.10 Å². The average molecular weight is 143 g/mol. The maximum atomic E-state index is 5.12. The van der Waals surface area contributed by atoms with Crippen LogP contribution in [0.1, 0.15) is 44.9 Å². The molecule has 1 rings (SSSR count). The van der Waals surface area contributed by atoms with Crippen molar-refractivity contribution in [2.75, 3.05) is 0 Å². The summed E-state index contributed by atoms with van der Waals surface area (Å²) in [5, 5.41) is 0. The van der Waals surface area contributed by atoms with Crippen LogP contribution in [0.5, 0.6) is 0 Å². The van der Waals surface area contributed by atoms with Gasteiger partial charge < -0.3 is 4.84 Å². The molecule has 0 bridgehead atoms. The zero-order valence-corrected chi connectivity index (χ0v) is 6.51. The highest BCUT2D eigenvalue weighted by atomic mass is 16.6. The van der Waals surface area contributed by atoms with Crippen LogP contribution < -0.4 is 5.90 Å². The van der Waals surface area contributed by atoms with Gasteiger partial charge in [-0.15, -0.1) is 0 Å². The fourth-order valence-electron chi connectivity index (χ4n) is 1.55. The Hall–Kier alpha value is -0.0800. The van der Waals surface area contributed by atoms with Gasteiger partial charge in [-0.2, -0.15) is 0 Å². The van der Waals surface area contributed by atoms with E-state index in [-0.39, 0.29) is 0 Å². The van der Waals surface area contributed by atoms with E-state index in [2.05, 4.69) is 0 Å². The summed E-state index contributed by atoms with van der Waals surface area (Å²) in [6, 6.07) is 0. The molecule has 1 aliphatic carbocycles. The number of nitrogens with two attached hydrogens (primary N) is 1. The lowest BCUT2D eigenvalue weighted by Crippen LogP contribution is -2.18. The Balaban J connectivity index is 2.16. The Morgan fingerprint density at radius 1 is 0.900 bits per heavy atom. The lowest BCUT2D eigenvalue weighted by molar-refractivity contribution is 0.0351. The molecule has 1 saturated carbocycles. The largest absolute Gasteiger partial charge is 0.301 e. The zero-order valence-electron chi connectivity index (χ0n) is 6.51. The van der Waals surface area contributed by atoms with Gasteiger partial charge in [0.1, 0.15) is 0 Å². The molecular weight excluding hydrogens is 126 g/mol. The fourth-order valence-corrected chi connectivity index (χ4v) is 1.55. The predicted molar refractivity (Wildman–Crippen MR) is 41.4 cm³/mol. The SMILES string of the molecule is NOC1CCCCCCC1. The minimum absolute atomic E-state index is 0.347. The van der Waals surface area contributed by atoms with Gasteiger partial charge in [0.2, 0.25) is 0 Å². The minimum atomic E-state index is 0.347. The molecule has 10 heavy (non-hydrogen) atoms. The van der Waals surface area contributed by atoms with Crippen molar-refractivity contribution in [2.24, 2.45) is 5.90 Å². The average Bonchev–Trinajstić information content (AvgIpc) is 1.87. The summed E-state index contributed by atoms with van der Waals surface area (Å²) in [5.74, 6) is 5.12. The molecule has 2 heteroatoms. The van der Waals surface area contributed by atoms with E-state index in [4.69, 9.17) is 10.7 Å². The third-order valence-corrected chi connectivity index (χ3v) is 2.24. The lowest BCUT2D eigenvalue weighted by atomic mass is 9.99. The molecule has 0 heterocycles. The molecule has 1 fully saturated rings. The van der Waals surface area contributed by atoms with Crippen LogP contribution in [0, 0.1) is 0 Å². The molecule has 0 amide bonds. The molecular formula is C8H17NO. The summed E-state index contributed by atoms with van der Waals surface area (Å²) in [6.45, 7) is 0. The summed E-state index contributed by atoms with van der Waals surface area (Å²) in [4.78, 5) is 4.83. The monoisotopic (exact) mass is 143 g/mol. The summed E-state index contributed by atoms with van der Waals surface area (Å²) < 4.78 is 0. The first-order valence-corrected chi connectivity index (χ1v) is 4.29. The van der Waals surface area contributed by atoms with Crippen molar-refractivity contribution >= 4 is 0 Å². The molecule has 2 nitrogen and oxygen atoms in total. The van der Waals surface area contributed by atoms with Crippen molar-refractivity contribution in [1.29, 1.82) is 0 Å². The molecule has 0 radical (unpaired) electrons. The van der Waals surface area contributed by atoms with Crippen LogP contribution in [-0.2, 0) is 4.84 Å². The second-order valence-electron chi connectivity index (χ2n) is 3.10. The standard InChI is InChI=1S/C8H17NO/c9-10-8-6-4-2-1-3-5-7-8/h8H,1-7,9H2. The first kappa shape index (κ1) is 8.02. The Labute approximate surface area is 62.7 Å². The Bertz CT molecular complexity index is 77.3. The predicted octanol–water partition coefficient (Wildman–Crippen LogP) is 1.99. The Morgan fingerprint density at radius 3 is 1.90 bits per heavy atom. The van der Waals surface area contributed by atoms with E-state index in [1.165, 1.54) is 32.1 Å². The topological polar surface area (TPSA) is 35.2 Å². The van der Waals surface area contributed by atoms with Gasteiger partial charge in [-0.3, -0.25) is 0 Å². The van der Waals surface area contributed by atoms with Gasteiger partial charge in [-0.05, 0) is 12.8 Å². The van der Waals surface area contributed by atoms with E-state index in [0.717, 1.165) is 12.8 Å². The highest BCUT2D eigenvalue weighted by Crippen LogP contribution is 2.17. The maximum absolute atomic E-state index is 5.12. The van der Waals surface area contributed by atoms with Crippen LogP contribution in [0.15, 0.2) is 0 Å². The summed E-state index contributed by atoms with van der Waals surface area (Å²) in [6.07, 6.45) is 9.38.